The molecule has 2 amide bonds. The molecule has 2 N–H and O–H groups in total. The van der Waals surface area contributed by atoms with Gasteiger partial charge in [-0.3, -0.25) is 9.59 Å². The van der Waals surface area contributed by atoms with Crippen LogP contribution in [0.1, 0.15) is 51.2 Å². The first-order valence-corrected chi connectivity index (χ1v) is 14.6. The van der Waals surface area contributed by atoms with E-state index in [0.29, 0.717) is 40.7 Å². The zero-order valence-electron chi connectivity index (χ0n) is 21.9. The second-order valence-corrected chi connectivity index (χ2v) is 12.7. The lowest BCUT2D eigenvalue weighted by molar-refractivity contribution is -0.132. The van der Waals surface area contributed by atoms with E-state index in [1.165, 1.54) is 12.1 Å². The minimum atomic E-state index is -1.14. The molecule has 6 nitrogen and oxygen atoms in total. The van der Waals surface area contributed by atoms with E-state index in [1.807, 2.05) is 41.3 Å². The summed E-state index contributed by atoms with van der Waals surface area (Å²) in [5.74, 6) is -0.582. The van der Waals surface area contributed by atoms with Crippen molar-refractivity contribution in [1.82, 2.24) is 15.1 Å². The van der Waals surface area contributed by atoms with E-state index in [2.05, 4.69) is 10.2 Å². The van der Waals surface area contributed by atoms with Crippen molar-refractivity contribution in [3.63, 3.8) is 0 Å². The average Bonchev–Trinajstić information content (AvgIpc) is 2.90. The number of amides is 2. The third-order valence-corrected chi connectivity index (χ3v) is 9.53. The molecular weight excluding hydrogens is 643 g/mol. The summed E-state index contributed by atoms with van der Waals surface area (Å²) in [6.07, 6.45) is 2.26. The third-order valence-electron chi connectivity index (χ3n) is 7.56. The molecule has 3 rings (SSSR count). The lowest BCUT2D eigenvalue weighted by Crippen LogP contribution is -2.53. The molecule has 0 saturated carbocycles. The Morgan fingerprint density at radius 1 is 1.13 bits per heavy atom. The fourth-order valence-corrected chi connectivity index (χ4v) is 5.94. The summed E-state index contributed by atoms with van der Waals surface area (Å²) in [5, 5.41) is 14.0. The van der Waals surface area contributed by atoms with Crippen LogP contribution >= 0.6 is 45.8 Å². The van der Waals surface area contributed by atoms with E-state index in [9.17, 15) is 19.1 Å². The van der Waals surface area contributed by atoms with E-state index in [4.69, 9.17) is 23.2 Å². The van der Waals surface area contributed by atoms with E-state index >= 15 is 0 Å². The van der Waals surface area contributed by atoms with Crippen molar-refractivity contribution < 1.29 is 19.1 Å². The number of hydrogen-bond acceptors (Lipinski definition) is 4. The maximum Gasteiger partial charge on any atom is 0.231 e. The standard InChI is InChI=1S/C28H35Cl2FIN3O3/c1-4-35(19(2)37)23-11-14-34(15-12-23)16-13-27(3,21-7-10-24(29)25(30)17-21)26(38)33-28(32,18-36)20-5-8-22(31)9-6-20/h5-10,17,23,36H,4,11-16,18H2,1-3H3,(H,33,38)/t27?,28-/m1/s1. The van der Waals surface area contributed by atoms with Crippen LogP contribution in [0.15, 0.2) is 42.5 Å². The summed E-state index contributed by atoms with van der Waals surface area (Å²) in [6.45, 7) is 8.12. The van der Waals surface area contributed by atoms with Crippen molar-refractivity contribution in [2.75, 3.05) is 32.8 Å². The van der Waals surface area contributed by atoms with Gasteiger partial charge in [0, 0.05) is 32.6 Å². The maximum atomic E-state index is 14.0. The van der Waals surface area contributed by atoms with Gasteiger partial charge in [-0.25, -0.2) is 4.39 Å². The first-order valence-electron chi connectivity index (χ1n) is 12.8. The van der Waals surface area contributed by atoms with E-state index in [1.54, 1.807) is 37.3 Å². The van der Waals surface area contributed by atoms with Gasteiger partial charge in [0.25, 0.3) is 0 Å². The molecule has 1 saturated heterocycles. The molecule has 0 aliphatic carbocycles. The molecule has 0 radical (unpaired) electrons. The maximum absolute atomic E-state index is 14.0. The lowest BCUT2D eigenvalue weighted by Gasteiger charge is -2.40. The average molecular weight is 678 g/mol. The van der Waals surface area contributed by atoms with Crippen molar-refractivity contribution in [3.05, 3.63) is 69.5 Å². The Labute approximate surface area is 248 Å². The smallest absolute Gasteiger partial charge is 0.231 e. The lowest BCUT2D eigenvalue weighted by atomic mass is 9.78. The molecule has 2 atom stereocenters. The van der Waals surface area contributed by atoms with E-state index in [0.717, 1.165) is 25.9 Å². The Morgan fingerprint density at radius 2 is 1.74 bits per heavy atom. The van der Waals surface area contributed by atoms with Crippen LogP contribution in [0, 0.1) is 5.82 Å². The van der Waals surface area contributed by atoms with Crippen LogP contribution in [0.5, 0.6) is 0 Å². The molecule has 0 bridgehead atoms. The number of halogens is 4. The van der Waals surface area contributed by atoms with Gasteiger partial charge < -0.3 is 20.2 Å². The monoisotopic (exact) mass is 677 g/mol. The van der Waals surface area contributed by atoms with Crippen molar-refractivity contribution in [2.24, 2.45) is 0 Å². The van der Waals surface area contributed by atoms with Gasteiger partial charge in [0.05, 0.1) is 22.1 Å². The van der Waals surface area contributed by atoms with Crippen LogP contribution < -0.4 is 5.32 Å². The Balaban J connectivity index is 1.81. The normalized spacial score (nSPS) is 17.9. The SMILES string of the molecule is CCN(C(C)=O)C1CCN(CCC(C)(C(=O)N[C@](I)(CO)c2ccc(F)cc2)c2ccc(Cl)c(Cl)c2)CC1. The first kappa shape index (κ1) is 31.1. The van der Waals surface area contributed by atoms with Crippen molar-refractivity contribution in [1.29, 1.82) is 0 Å². The second kappa shape index (κ2) is 13.3. The summed E-state index contributed by atoms with van der Waals surface area (Å²) in [5.41, 5.74) is 0.301. The van der Waals surface area contributed by atoms with Crippen molar-refractivity contribution in [3.8, 4) is 0 Å². The van der Waals surface area contributed by atoms with Crippen LogP contribution in [-0.2, 0) is 18.5 Å². The van der Waals surface area contributed by atoms with Gasteiger partial charge in [-0.2, -0.15) is 0 Å². The van der Waals surface area contributed by atoms with E-state index < -0.39 is 14.8 Å². The third kappa shape index (κ3) is 7.18. The number of rotatable bonds is 10. The highest BCUT2D eigenvalue weighted by Gasteiger charge is 2.41. The summed E-state index contributed by atoms with van der Waals surface area (Å²) in [6, 6.07) is 11.2. The van der Waals surface area contributed by atoms with Gasteiger partial charge in [0.15, 0.2) is 0 Å². The van der Waals surface area contributed by atoms with Gasteiger partial charge >= 0.3 is 0 Å². The quantitative estimate of drug-likeness (QED) is 0.198. The minimum absolute atomic E-state index is 0.0992. The van der Waals surface area contributed by atoms with Crippen LogP contribution in [-0.4, -0.2) is 65.5 Å². The number of alkyl halides is 1. The molecule has 1 unspecified atom stereocenters. The fourth-order valence-electron chi connectivity index (χ4n) is 5.04. The van der Waals surface area contributed by atoms with Gasteiger partial charge in [-0.15, -0.1) is 0 Å². The predicted octanol–water partition coefficient (Wildman–Crippen LogP) is 5.51. The van der Waals surface area contributed by atoms with Crippen LogP contribution in [0.4, 0.5) is 4.39 Å². The number of carbonyl (C=O) groups is 2. The highest BCUT2D eigenvalue weighted by atomic mass is 127. The topological polar surface area (TPSA) is 72.9 Å². The Hall–Kier alpha value is -1.46. The number of piperidine rings is 1. The van der Waals surface area contributed by atoms with Gasteiger partial charge in [-0.05, 0) is 97.6 Å². The Kier molecular flexibility index (Phi) is 10.8. The predicted molar refractivity (Wildman–Crippen MR) is 158 cm³/mol. The largest absolute Gasteiger partial charge is 0.393 e. The number of likely N-dealkylation sites (tertiary alicyclic amines) is 1. The molecule has 208 valence electrons. The number of nitrogens with zero attached hydrogens (tertiary/aromatic N) is 2. The molecule has 1 aliphatic heterocycles. The molecule has 38 heavy (non-hydrogen) atoms. The van der Waals surface area contributed by atoms with Crippen LogP contribution in [0.25, 0.3) is 0 Å². The van der Waals surface area contributed by atoms with E-state index in [-0.39, 0.29) is 24.5 Å². The molecule has 2 aromatic carbocycles. The number of benzene rings is 2. The van der Waals surface area contributed by atoms with Crippen molar-refractivity contribution >= 4 is 57.6 Å². The zero-order chi connectivity index (χ0) is 28.1. The molecule has 1 fully saturated rings. The Bertz CT molecular complexity index is 1130. The first-order chi connectivity index (χ1) is 17.9. The molecule has 0 spiro atoms. The highest BCUT2D eigenvalue weighted by Crippen LogP contribution is 2.36. The molecule has 1 heterocycles. The second-order valence-electron chi connectivity index (χ2n) is 10.0. The number of hydrogen-bond donors (Lipinski definition) is 2. The summed E-state index contributed by atoms with van der Waals surface area (Å²) in [7, 11) is 0. The number of aliphatic hydroxyl groups excluding tert-OH is 1. The van der Waals surface area contributed by atoms with Gasteiger partial charge in [0.1, 0.15) is 9.36 Å². The molecule has 10 heteroatoms. The number of aliphatic hydroxyl groups is 1. The molecule has 0 aromatic heterocycles. The summed E-state index contributed by atoms with van der Waals surface area (Å²) in [4.78, 5) is 30.2. The van der Waals surface area contributed by atoms with Gasteiger partial charge in [-0.1, -0.05) is 41.4 Å². The zero-order valence-corrected chi connectivity index (χ0v) is 25.6. The molecule has 2 aromatic rings. The summed E-state index contributed by atoms with van der Waals surface area (Å²) < 4.78 is 12.4. The van der Waals surface area contributed by atoms with Crippen LogP contribution in [0.2, 0.25) is 10.0 Å². The number of nitrogens with one attached hydrogen (secondary N) is 1. The highest BCUT2D eigenvalue weighted by molar-refractivity contribution is 14.1. The molecule has 1 aliphatic rings. The fraction of sp³-hybridized carbons (Fsp3) is 0.500. The summed E-state index contributed by atoms with van der Waals surface area (Å²) >= 11 is 14.5. The van der Waals surface area contributed by atoms with Crippen LogP contribution in [0.3, 0.4) is 0 Å². The van der Waals surface area contributed by atoms with Gasteiger partial charge in [0.2, 0.25) is 11.8 Å². The van der Waals surface area contributed by atoms with Crippen molar-refractivity contribution in [2.45, 2.75) is 55.0 Å². The molecular formula is C28H35Cl2FIN3O3. The number of carbonyl (C=O) groups excluding carboxylic acids is 2. The minimum Gasteiger partial charge on any atom is -0.393 e. The Morgan fingerprint density at radius 3 is 2.26 bits per heavy atom.